The first-order chi connectivity index (χ1) is 16.5. The van der Waals surface area contributed by atoms with Gasteiger partial charge in [-0.05, 0) is 61.4 Å². The molecule has 0 unspecified atom stereocenters. The van der Waals surface area contributed by atoms with Gasteiger partial charge in [0.15, 0.2) is 11.2 Å². The van der Waals surface area contributed by atoms with E-state index in [1.54, 1.807) is 6.07 Å². The lowest BCUT2D eigenvalue weighted by Crippen LogP contribution is -2.11. The molecule has 1 fully saturated rings. The first-order valence-electron chi connectivity index (χ1n) is 12.7. The first kappa shape index (κ1) is 22.6. The van der Waals surface area contributed by atoms with E-state index in [1.807, 2.05) is 25.3 Å². The minimum atomic E-state index is -0.124. The molecule has 0 amide bonds. The highest BCUT2D eigenvalue weighted by atomic mass is 16.1. The molecule has 5 rings (SSSR count). The Hall–Kier alpha value is -3.21. The number of carbonyl (C=O) groups is 1. The zero-order valence-corrected chi connectivity index (χ0v) is 20.0. The van der Waals surface area contributed by atoms with Crippen molar-refractivity contribution in [3.63, 3.8) is 0 Å². The van der Waals surface area contributed by atoms with E-state index in [1.165, 1.54) is 56.6 Å². The molecule has 3 heterocycles. The summed E-state index contributed by atoms with van der Waals surface area (Å²) in [6, 6.07) is 11.3. The van der Waals surface area contributed by atoms with E-state index in [-0.39, 0.29) is 11.2 Å². The number of carbonyl (C=O) groups excluding carboxylic acids is 1. The number of aromatic amines is 1. The Morgan fingerprint density at radius 2 is 1.91 bits per heavy atom. The second kappa shape index (κ2) is 9.96. The Bertz CT molecular complexity index is 1380. The van der Waals surface area contributed by atoms with Crippen LogP contribution in [0.4, 0.5) is 0 Å². The standard InChI is InChI=1S/C29H33N3O2/c1-20-10-13-24-25(16-20)31-26(17-28(24)34)27(33)14-12-23-19-32-18-22(11-15-29(32)30-23)9-5-8-21-6-3-2-4-7-21/h10-11,13,15-19,21H,2-9,12,14H2,1H3,(H,31,34). The van der Waals surface area contributed by atoms with Gasteiger partial charge in [-0.1, -0.05) is 50.7 Å². The maximum absolute atomic E-state index is 12.8. The second-order valence-electron chi connectivity index (χ2n) is 9.95. The third-order valence-electron chi connectivity index (χ3n) is 7.26. The van der Waals surface area contributed by atoms with Crippen LogP contribution in [-0.4, -0.2) is 20.2 Å². The molecule has 0 bridgehead atoms. The van der Waals surface area contributed by atoms with Crippen molar-refractivity contribution in [1.82, 2.24) is 14.4 Å². The van der Waals surface area contributed by atoms with Crippen LogP contribution in [0.5, 0.6) is 0 Å². The Balaban J connectivity index is 1.21. The molecule has 1 N–H and O–H groups in total. The Labute approximate surface area is 200 Å². The summed E-state index contributed by atoms with van der Waals surface area (Å²) < 4.78 is 2.08. The van der Waals surface area contributed by atoms with Gasteiger partial charge >= 0.3 is 0 Å². The molecule has 1 aliphatic carbocycles. The second-order valence-corrected chi connectivity index (χ2v) is 9.95. The molecule has 0 radical (unpaired) electrons. The maximum Gasteiger partial charge on any atom is 0.190 e. The van der Waals surface area contributed by atoms with Gasteiger partial charge in [-0.2, -0.15) is 0 Å². The van der Waals surface area contributed by atoms with Crippen molar-refractivity contribution in [1.29, 1.82) is 0 Å². The fourth-order valence-corrected chi connectivity index (χ4v) is 5.32. The number of Topliss-reactive ketones (excluding diaryl/α,β-unsaturated/α-hetero) is 1. The molecule has 4 aromatic rings. The molecule has 34 heavy (non-hydrogen) atoms. The van der Waals surface area contributed by atoms with Crippen molar-refractivity contribution in [2.45, 2.75) is 71.1 Å². The number of ketones is 1. The fourth-order valence-electron chi connectivity index (χ4n) is 5.32. The molecular formula is C29H33N3O2. The molecule has 0 saturated heterocycles. The monoisotopic (exact) mass is 455 g/mol. The number of H-pyrrole nitrogens is 1. The van der Waals surface area contributed by atoms with Crippen LogP contribution in [0.15, 0.2) is 53.6 Å². The van der Waals surface area contributed by atoms with Crippen molar-refractivity contribution in [3.05, 3.63) is 81.5 Å². The van der Waals surface area contributed by atoms with Gasteiger partial charge in [-0.3, -0.25) is 9.59 Å². The summed E-state index contributed by atoms with van der Waals surface area (Å²) in [5, 5.41) is 0.608. The van der Waals surface area contributed by atoms with Crippen LogP contribution in [0.2, 0.25) is 0 Å². The minimum absolute atomic E-state index is 0.0686. The molecule has 1 saturated carbocycles. The van der Waals surface area contributed by atoms with E-state index in [4.69, 9.17) is 4.98 Å². The largest absolute Gasteiger partial charge is 0.352 e. The predicted octanol–water partition coefficient (Wildman–Crippen LogP) is 6.20. The number of benzene rings is 1. The molecule has 1 aromatic carbocycles. The Morgan fingerprint density at radius 3 is 2.76 bits per heavy atom. The highest BCUT2D eigenvalue weighted by molar-refractivity contribution is 5.96. The minimum Gasteiger partial charge on any atom is -0.352 e. The van der Waals surface area contributed by atoms with E-state index < -0.39 is 0 Å². The molecule has 176 valence electrons. The Morgan fingerprint density at radius 1 is 1.06 bits per heavy atom. The smallest absolute Gasteiger partial charge is 0.190 e. The number of fused-ring (bicyclic) bond motifs is 2. The summed E-state index contributed by atoms with van der Waals surface area (Å²) in [5.41, 5.74) is 5.14. The quantitative estimate of drug-likeness (QED) is 0.322. The van der Waals surface area contributed by atoms with E-state index >= 15 is 0 Å². The molecular weight excluding hydrogens is 422 g/mol. The SMILES string of the molecule is Cc1ccc2c(=O)cc(C(=O)CCc3cn4cc(CCCC5CCCCC5)ccc4n3)[nH]c2c1. The van der Waals surface area contributed by atoms with Gasteiger partial charge in [0, 0.05) is 30.3 Å². The average Bonchev–Trinajstić information content (AvgIpc) is 3.25. The molecule has 1 aliphatic rings. The van der Waals surface area contributed by atoms with Crippen LogP contribution < -0.4 is 5.43 Å². The fraction of sp³-hybridized carbons (Fsp3) is 0.414. The average molecular weight is 456 g/mol. The van der Waals surface area contributed by atoms with Gasteiger partial charge in [0.05, 0.1) is 16.9 Å². The summed E-state index contributed by atoms with van der Waals surface area (Å²) in [6.07, 6.45) is 15.8. The number of aromatic nitrogens is 3. The lowest BCUT2D eigenvalue weighted by molar-refractivity contribution is 0.0978. The van der Waals surface area contributed by atoms with Crippen molar-refractivity contribution in [2.75, 3.05) is 0 Å². The van der Waals surface area contributed by atoms with Crippen LogP contribution >= 0.6 is 0 Å². The topological polar surface area (TPSA) is 67.2 Å². The summed E-state index contributed by atoms with van der Waals surface area (Å²) in [6.45, 7) is 1.97. The highest BCUT2D eigenvalue weighted by Gasteiger charge is 2.14. The number of hydrogen-bond acceptors (Lipinski definition) is 3. The van der Waals surface area contributed by atoms with Gasteiger partial charge in [0.2, 0.25) is 0 Å². The molecule has 3 aromatic heterocycles. The number of aryl methyl sites for hydroxylation is 3. The van der Waals surface area contributed by atoms with Gasteiger partial charge in [0.1, 0.15) is 5.65 Å². The zero-order valence-electron chi connectivity index (χ0n) is 20.0. The summed E-state index contributed by atoms with van der Waals surface area (Å²) >= 11 is 0. The van der Waals surface area contributed by atoms with Crippen molar-refractivity contribution < 1.29 is 4.79 Å². The van der Waals surface area contributed by atoms with E-state index in [0.717, 1.165) is 29.2 Å². The molecule has 0 aliphatic heterocycles. The van der Waals surface area contributed by atoms with Crippen LogP contribution in [0.25, 0.3) is 16.6 Å². The number of pyridine rings is 2. The summed E-state index contributed by atoms with van der Waals surface area (Å²) in [5.74, 6) is 0.859. The summed E-state index contributed by atoms with van der Waals surface area (Å²) in [7, 11) is 0. The van der Waals surface area contributed by atoms with Crippen LogP contribution in [0.1, 0.15) is 78.7 Å². The van der Waals surface area contributed by atoms with E-state index in [9.17, 15) is 9.59 Å². The Kier molecular flexibility index (Phi) is 6.61. The summed E-state index contributed by atoms with van der Waals surface area (Å²) in [4.78, 5) is 33.1. The third-order valence-corrected chi connectivity index (χ3v) is 7.26. The highest BCUT2D eigenvalue weighted by Crippen LogP contribution is 2.27. The molecule has 5 heteroatoms. The lowest BCUT2D eigenvalue weighted by Gasteiger charge is -2.21. The van der Waals surface area contributed by atoms with Crippen LogP contribution in [-0.2, 0) is 12.8 Å². The third kappa shape index (κ3) is 5.14. The molecule has 0 spiro atoms. The van der Waals surface area contributed by atoms with Gasteiger partial charge in [0.25, 0.3) is 0 Å². The number of imidazole rings is 1. The predicted molar refractivity (Wildman–Crippen MR) is 137 cm³/mol. The first-order valence-corrected chi connectivity index (χ1v) is 12.7. The van der Waals surface area contributed by atoms with Gasteiger partial charge < -0.3 is 9.38 Å². The van der Waals surface area contributed by atoms with Gasteiger partial charge in [-0.15, -0.1) is 0 Å². The van der Waals surface area contributed by atoms with Crippen LogP contribution in [0, 0.1) is 12.8 Å². The van der Waals surface area contributed by atoms with Crippen molar-refractivity contribution >= 4 is 22.3 Å². The van der Waals surface area contributed by atoms with Crippen LogP contribution in [0.3, 0.4) is 0 Å². The van der Waals surface area contributed by atoms with E-state index in [2.05, 4.69) is 27.7 Å². The van der Waals surface area contributed by atoms with Crippen molar-refractivity contribution in [3.8, 4) is 0 Å². The molecule has 0 atom stereocenters. The lowest BCUT2D eigenvalue weighted by atomic mass is 9.85. The number of hydrogen-bond donors (Lipinski definition) is 1. The number of rotatable bonds is 8. The normalized spacial score (nSPS) is 14.7. The molecule has 5 nitrogen and oxygen atoms in total. The van der Waals surface area contributed by atoms with E-state index in [0.29, 0.717) is 29.4 Å². The number of nitrogens with one attached hydrogen (secondary N) is 1. The van der Waals surface area contributed by atoms with Gasteiger partial charge in [-0.25, -0.2) is 4.98 Å². The van der Waals surface area contributed by atoms with Crippen molar-refractivity contribution in [2.24, 2.45) is 5.92 Å². The number of nitrogens with zero attached hydrogens (tertiary/aromatic N) is 2. The zero-order chi connectivity index (χ0) is 23.5. The maximum atomic E-state index is 12.8.